The Labute approximate surface area is 149 Å². The van der Waals surface area contributed by atoms with Gasteiger partial charge in [-0.3, -0.25) is 9.69 Å². The Bertz CT molecular complexity index is 722. The van der Waals surface area contributed by atoms with Gasteiger partial charge in [-0.15, -0.1) is 0 Å². The minimum absolute atomic E-state index is 0.103. The fourth-order valence-corrected chi connectivity index (χ4v) is 3.59. The first-order valence-electron chi connectivity index (χ1n) is 8.85. The van der Waals surface area contributed by atoms with Crippen molar-refractivity contribution in [3.63, 3.8) is 0 Å². The van der Waals surface area contributed by atoms with Gasteiger partial charge in [-0.25, -0.2) is 0 Å². The number of carbonyl (C=O) groups excluding carboxylic acids is 1. The predicted molar refractivity (Wildman–Crippen MR) is 101 cm³/mol. The first-order chi connectivity index (χ1) is 11.9. The van der Waals surface area contributed by atoms with Gasteiger partial charge in [-0.05, 0) is 63.1 Å². The largest absolute Gasteiger partial charge is 0.389 e. The second-order valence-corrected chi connectivity index (χ2v) is 7.30. The zero-order valence-corrected chi connectivity index (χ0v) is 14.9. The van der Waals surface area contributed by atoms with Crippen LogP contribution in [0, 0.1) is 0 Å². The first kappa shape index (κ1) is 17.6. The van der Waals surface area contributed by atoms with Crippen molar-refractivity contribution < 1.29 is 9.90 Å². The number of para-hydroxylation sites is 1. The number of likely N-dealkylation sites (tertiary alicyclic amines) is 1. The van der Waals surface area contributed by atoms with Crippen LogP contribution in [0.3, 0.4) is 0 Å². The van der Waals surface area contributed by atoms with Crippen molar-refractivity contribution in [3.05, 3.63) is 65.7 Å². The summed E-state index contributed by atoms with van der Waals surface area (Å²) in [7, 11) is 0. The number of hydrogen-bond donors (Lipinski definition) is 2. The lowest BCUT2D eigenvalue weighted by molar-refractivity contribution is -0.00502. The Morgan fingerprint density at radius 1 is 1.20 bits per heavy atom. The molecule has 2 N–H and O–H groups in total. The van der Waals surface area contributed by atoms with Crippen LogP contribution in [0.5, 0.6) is 0 Å². The number of aliphatic hydroxyl groups is 1. The van der Waals surface area contributed by atoms with Gasteiger partial charge in [0.05, 0.1) is 5.60 Å². The molecule has 1 fully saturated rings. The van der Waals surface area contributed by atoms with Gasteiger partial charge in [-0.2, -0.15) is 0 Å². The summed E-state index contributed by atoms with van der Waals surface area (Å²) in [6.45, 7) is 5.48. The van der Waals surface area contributed by atoms with Crippen molar-refractivity contribution in [2.24, 2.45) is 0 Å². The number of anilines is 1. The quantitative estimate of drug-likeness (QED) is 0.874. The second-order valence-electron chi connectivity index (χ2n) is 7.30. The number of amides is 1. The lowest BCUT2D eigenvalue weighted by atomic mass is 9.96. The Kier molecular flexibility index (Phi) is 5.21. The van der Waals surface area contributed by atoms with Crippen LogP contribution in [-0.2, 0) is 6.54 Å². The number of benzene rings is 2. The van der Waals surface area contributed by atoms with Crippen LogP contribution in [-0.4, -0.2) is 34.1 Å². The molecule has 1 heterocycles. The van der Waals surface area contributed by atoms with Crippen LogP contribution in [0.2, 0.25) is 0 Å². The van der Waals surface area contributed by atoms with Gasteiger partial charge in [0.25, 0.3) is 5.91 Å². The molecule has 132 valence electrons. The Hall–Kier alpha value is -2.17. The highest BCUT2D eigenvalue weighted by molar-refractivity contribution is 6.04. The molecule has 0 spiro atoms. The topological polar surface area (TPSA) is 52.6 Å². The fraction of sp³-hybridized carbons (Fsp3) is 0.381. The van der Waals surface area contributed by atoms with Crippen LogP contribution < -0.4 is 5.32 Å². The molecule has 25 heavy (non-hydrogen) atoms. The third kappa shape index (κ3) is 4.47. The summed E-state index contributed by atoms with van der Waals surface area (Å²) in [5.41, 5.74) is 1.83. The molecular weight excluding hydrogens is 312 g/mol. The van der Waals surface area contributed by atoms with Crippen LogP contribution in [0.1, 0.15) is 42.6 Å². The summed E-state index contributed by atoms with van der Waals surface area (Å²) in [5, 5.41) is 13.3. The molecule has 0 aliphatic carbocycles. The Morgan fingerprint density at radius 2 is 1.96 bits per heavy atom. The Morgan fingerprint density at radius 3 is 2.68 bits per heavy atom. The third-order valence-electron chi connectivity index (χ3n) is 4.79. The fourth-order valence-electron chi connectivity index (χ4n) is 3.59. The lowest BCUT2D eigenvalue weighted by Gasteiger charge is -2.33. The summed E-state index contributed by atoms with van der Waals surface area (Å²) < 4.78 is 0. The smallest absolute Gasteiger partial charge is 0.255 e. The van der Waals surface area contributed by atoms with Gasteiger partial charge in [0.2, 0.25) is 0 Å². The molecule has 1 aliphatic rings. The number of hydrogen-bond acceptors (Lipinski definition) is 3. The van der Waals surface area contributed by atoms with E-state index in [4.69, 9.17) is 0 Å². The van der Waals surface area contributed by atoms with E-state index in [9.17, 15) is 9.90 Å². The molecule has 3 rings (SSSR count). The lowest BCUT2D eigenvalue weighted by Crippen LogP contribution is -2.45. The van der Waals surface area contributed by atoms with Crippen molar-refractivity contribution in [2.45, 2.75) is 44.9 Å². The van der Waals surface area contributed by atoms with Gasteiger partial charge in [0.1, 0.15) is 0 Å². The molecule has 1 amide bonds. The minimum Gasteiger partial charge on any atom is -0.389 e. The van der Waals surface area contributed by atoms with Crippen LogP contribution >= 0.6 is 0 Å². The highest BCUT2D eigenvalue weighted by atomic mass is 16.3. The molecule has 1 aliphatic heterocycles. The van der Waals surface area contributed by atoms with E-state index in [1.54, 1.807) is 0 Å². The monoisotopic (exact) mass is 338 g/mol. The summed E-state index contributed by atoms with van der Waals surface area (Å²) in [4.78, 5) is 14.8. The van der Waals surface area contributed by atoms with E-state index in [1.165, 1.54) is 0 Å². The Balaban J connectivity index is 1.70. The molecule has 1 unspecified atom stereocenters. The highest BCUT2D eigenvalue weighted by Gasteiger charge is 2.35. The van der Waals surface area contributed by atoms with Gasteiger partial charge in [0.15, 0.2) is 0 Å². The maximum absolute atomic E-state index is 12.5. The van der Waals surface area contributed by atoms with Crippen molar-refractivity contribution in [1.29, 1.82) is 0 Å². The molecule has 4 nitrogen and oxygen atoms in total. The van der Waals surface area contributed by atoms with Gasteiger partial charge < -0.3 is 10.4 Å². The predicted octanol–water partition coefficient (Wildman–Crippen LogP) is 3.67. The van der Waals surface area contributed by atoms with E-state index < -0.39 is 5.60 Å². The number of rotatable bonds is 5. The number of nitrogens with zero attached hydrogens (tertiary/aromatic N) is 1. The van der Waals surface area contributed by atoms with Crippen LogP contribution in [0.4, 0.5) is 5.69 Å². The summed E-state index contributed by atoms with van der Waals surface area (Å²) >= 11 is 0. The molecular formula is C21H26N2O2. The van der Waals surface area contributed by atoms with Crippen molar-refractivity contribution in [1.82, 2.24) is 4.90 Å². The molecule has 2 aromatic rings. The van der Waals surface area contributed by atoms with Crippen LogP contribution in [0.25, 0.3) is 0 Å². The van der Waals surface area contributed by atoms with Crippen molar-refractivity contribution >= 4 is 11.6 Å². The van der Waals surface area contributed by atoms with Crippen molar-refractivity contribution in [3.8, 4) is 0 Å². The average Bonchev–Trinajstić information content (AvgIpc) is 3.04. The maximum atomic E-state index is 12.5. The molecule has 0 radical (unpaired) electrons. The summed E-state index contributed by atoms with van der Waals surface area (Å²) in [6, 6.07) is 17.4. The van der Waals surface area contributed by atoms with Crippen molar-refractivity contribution in [2.75, 3.05) is 11.9 Å². The van der Waals surface area contributed by atoms with E-state index in [1.807, 2.05) is 68.4 Å². The maximum Gasteiger partial charge on any atom is 0.255 e. The highest BCUT2D eigenvalue weighted by Crippen LogP contribution is 2.28. The molecule has 0 saturated carbocycles. The van der Waals surface area contributed by atoms with E-state index in [0.29, 0.717) is 5.56 Å². The van der Waals surface area contributed by atoms with E-state index in [0.717, 1.165) is 37.2 Å². The minimum atomic E-state index is -0.710. The second kappa shape index (κ2) is 7.38. The standard InChI is InChI=1S/C21H26N2O2/c1-21(2,25)19-12-7-13-23(19)15-16-8-6-9-17(14-16)20(24)22-18-10-4-3-5-11-18/h3-6,8-11,14,19,25H,7,12-13,15H2,1-2H3,(H,22,24). The molecule has 1 saturated heterocycles. The zero-order chi connectivity index (χ0) is 17.9. The summed E-state index contributed by atoms with van der Waals surface area (Å²) in [5.74, 6) is -0.103. The molecule has 2 aromatic carbocycles. The number of nitrogens with one attached hydrogen (secondary N) is 1. The SMILES string of the molecule is CC(C)(O)C1CCCN1Cc1cccc(C(=O)Nc2ccccc2)c1. The normalized spacial score (nSPS) is 18.3. The van der Waals surface area contributed by atoms with Crippen LogP contribution in [0.15, 0.2) is 54.6 Å². The average molecular weight is 338 g/mol. The van der Waals surface area contributed by atoms with E-state index in [2.05, 4.69) is 10.2 Å². The molecule has 0 bridgehead atoms. The van der Waals surface area contributed by atoms with E-state index in [-0.39, 0.29) is 11.9 Å². The molecule has 4 heteroatoms. The van der Waals surface area contributed by atoms with Gasteiger partial charge in [0, 0.05) is 23.8 Å². The number of carbonyl (C=O) groups is 1. The van der Waals surface area contributed by atoms with Gasteiger partial charge in [-0.1, -0.05) is 30.3 Å². The first-order valence-corrected chi connectivity index (χ1v) is 8.85. The van der Waals surface area contributed by atoms with E-state index >= 15 is 0 Å². The molecule has 1 atom stereocenters. The molecule has 0 aromatic heterocycles. The van der Waals surface area contributed by atoms with Gasteiger partial charge >= 0.3 is 0 Å². The third-order valence-corrected chi connectivity index (χ3v) is 4.79. The zero-order valence-electron chi connectivity index (χ0n) is 14.9. The summed E-state index contributed by atoms with van der Waals surface area (Å²) in [6.07, 6.45) is 2.11.